The van der Waals surface area contributed by atoms with Gasteiger partial charge in [-0.25, -0.2) is 0 Å². The Morgan fingerprint density at radius 2 is 1.65 bits per heavy atom. The van der Waals surface area contributed by atoms with Crippen LogP contribution in [0.1, 0.15) is 31.2 Å². The molecule has 2 fully saturated rings. The lowest BCUT2D eigenvalue weighted by atomic mass is 9.97. The van der Waals surface area contributed by atoms with Crippen molar-refractivity contribution in [2.75, 3.05) is 33.3 Å². The summed E-state index contributed by atoms with van der Waals surface area (Å²) >= 11 is 0. The van der Waals surface area contributed by atoms with Crippen LogP contribution in [-0.2, 0) is 21.5 Å². The molecule has 2 aliphatic rings. The van der Waals surface area contributed by atoms with Gasteiger partial charge in [0.05, 0.1) is 7.11 Å². The van der Waals surface area contributed by atoms with E-state index < -0.39 is 10.2 Å². The second kappa shape index (κ2) is 8.37. The van der Waals surface area contributed by atoms with Crippen LogP contribution < -0.4 is 10.1 Å². The SMILES string of the molecule is COc1ccc(CNC(=O)C2CCN(S(=O)(=O)N3CCCC3)CC2)cc1. The fourth-order valence-electron chi connectivity index (χ4n) is 3.51. The summed E-state index contributed by atoms with van der Waals surface area (Å²) in [6.45, 7) is 2.53. The first kappa shape index (κ1) is 19.1. The first-order chi connectivity index (χ1) is 12.5. The highest BCUT2D eigenvalue weighted by Gasteiger charge is 2.35. The third-order valence-corrected chi connectivity index (χ3v) is 7.20. The smallest absolute Gasteiger partial charge is 0.281 e. The van der Waals surface area contributed by atoms with E-state index in [1.165, 1.54) is 4.31 Å². The molecular weight excluding hydrogens is 354 g/mol. The van der Waals surface area contributed by atoms with E-state index in [1.807, 2.05) is 24.3 Å². The lowest BCUT2D eigenvalue weighted by molar-refractivity contribution is -0.126. The molecule has 2 heterocycles. The lowest BCUT2D eigenvalue weighted by Crippen LogP contribution is -2.48. The van der Waals surface area contributed by atoms with Gasteiger partial charge in [0, 0.05) is 38.6 Å². The summed E-state index contributed by atoms with van der Waals surface area (Å²) in [6, 6.07) is 7.57. The highest BCUT2D eigenvalue weighted by molar-refractivity contribution is 7.86. The maximum atomic E-state index is 12.6. The molecule has 144 valence electrons. The van der Waals surface area contributed by atoms with E-state index in [2.05, 4.69) is 5.32 Å². The first-order valence-electron chi connectivity index (χ1n) is 9.16. The van der Waals surface area contributed by atoms with Crippen molar-refractivity contribution in [1.82, 2.24) is 13.9 Å². The van der Waals surface area contributed by atoms with Crippen molar-refractivity contribution in [1.29, 1.82) is 0 Å². The minimum Gasteiger partial charge on any atom is -0.497 e. The number of hydrogen-bond donors (Lipinski definition) is 1. The maximum absolute atomic E-state index is 12.6. The topological polar surface area (TPSA) is 79.0 Å². The van der Waals surface area contributed by atoms with Gasteiger partial charge in [-0.2, -0.15) is 17.0 Å². The standard InChI is InChI=1S/C18H27N3O4S/c1-25-17-6-4-15(5-7-17)14-19-18(22)16-8-12-21(13-9-16)26(23,24)20-10-2-3-11-20/h4-7,16H,2-3,8-14H2,1H3,(H,19,22). The highest BCUT2D eigenvalue weighted by atomic mass is 32.2. The molecule has 1 aromatic rings. The van der Waals surface area contributed by atoms with Gasteiger partial charge in [-0.15, -0.1) is 0 Å². The third-order valence-electron chi connectivity index (χ3n) is 5.17. The molecule has 0 spiro atoms. The van der Waals surface area contributed by atoms with Gasteiger partial charge >= 0.3 is 0 Å². The Hall–Kier alpha value is -1.64. The van der Waals surface area contributed by atoms with Crippen LogP contribution in [0.15, 0.2) is 24.3 Å². The van der Waals surface area contributed by atoms with Crippen molar-refractivity contribution in [3.8, 4) is 5.75 Å². The van der Waals surface area contributed by atoms with Crippen LogP contribution in [0.4, 0.5) is 0 Å². The van der Waals surface area contributed by atoms with Crippen molar-refractivity contribution >= 4 is 16.1 Å². The molecule has 26 heavy (non-hydrogen) atoms. The lowest BCUT2D eigenvalue weighted by Gasteiger charge is -2.33. The van der Waals surface area contributed by atoms with Gasteiger partial charge in [-0.1, -0.05) is 12.1 Å². The fraction of sp³-hybridized carbons (Fsp3) is 0.611. The van der Waals surface area contributed by atoms with E-state index in [4.69, 9.17) is 4.74 Å². The van der Waals surface area contributed by atoms with E-state index in [1.54, 1.807) is 11.4 Å². The molecule has 8 heteroatoms. The molecule has 0 unspecified atom stereocenters. The van der Waals surface area contributed by atoms with Crippen LogP contribution in [0.2, 0.25) is 0 Å². The molecule has 1 aromatic carbocycles. The number of hydrogen-bond acceptors (Lipinski definition) is 4. The number of ether oxygens (including phenoxy) is 1. The van der Waals surface area contributed by atoms with Gasteiger partial charge in [0.2, 0.25) is 5.91 Å². The summed E-state index contributed by atoms with van der Waals surface area (Å²) in [5, 5.41) is 2.96. The minimum absolute atomic E-state index is 0.000890. The number of rotatable bonds is 6. The Bertz CT molecular complexity index is 706. The van der Waals surface area contributed by atoms with Gasteiger partial charge < -0.3 is 10.1 Å². The van der Waals surface area contributed by atoms with Crippen LogP contribution >= 0.6 is 0 Å². The van der Waals surface area contributed by atoms with Crippen LogP contribution in [-0.4, -0.2) is 56.2 Å². The Balaban J connectivity index is 1.47. The first-order valence-corrected chi connectivity index (χ1v) is 10.6. The van der Waals surface area contributed by atoms with Crippen molar-refractivity contribution in [3.05, 3.63) is 29.8 Å². The van der Waals surface area contributed by atoms with Crippen molar-refractivity contribution in [2.24, 2.45) is 5.92 Å². The van der Waals surface area contributed by atoms with Crippen LogP contribution in [0.3, 0.4) is 0 Å². The highest BCUT2D eigenvalue weighted by Crippen LogP contribution is 2.24. The zero-order valence-corrected chi connectivity index (χ0v) is 16.0. The predicted octanol–water partition coefficient (Wildman–Crippen LogP) is 1.36. The number of benzene rings is 1. The van der Waals surface area contributed by atoms with E-state index in [0.29, 0.717) is 45.6 Å². The number of amides is 1. The van der Waals surface area contributed by atoms with E-state index in [-0.39, 0.29) is 11.8 Å². The van der Waals surface area contributed by atoms with E-state index in [0.717, 1.165) is 24.2 Å². The normalized spacial score (nSPS) is 20.2. The quantitative estimate of drug-likeness (QED) is 0.807. The van der Waals surface area contributed by atoms with Gasteiger partial charge in [0.1, 0.15) is 5.75 Å². The number of carbonyl (C=O) groups is 1. The van der Waals surface area contributed by atoms with Crippen LogP contribution in [0, 0.1) is 5.92 Å². The summed E-state index contributed by atoms with van der Waals surface area (Å²) in [4.78, 5) is 12.4. The third kappa shape index (κ3) is 4.36. The molecule has 7 nitrogen and oxygen atoms in total. The Morgan fingerprint density at radius 1 is 1.08 bits per heavy atom. The number of methoxy groups -OCH3 is 1. The average molecular weight is 381 g/mol. The minimum atomic E-state index is -3.35. The molecule has 2 aliphatic heterocycles. The number of nitrogens with zero attached hydrogens (tertiary/aromatic N) is 2. The molecule has 0 atom stereocenters. The van der Waals surface area contributed by atoms with Crippen molar-refractivity contribution in [3.63, 3.8) is 0 Å². The fourth-order valence-corrected chi connectivity index (χ4v) is 5.23. The largest absolute Gasteiger partial charge is 0.497 e. The number of carbonyl (C=O) groups excluding carboxylic acids is 1. The maximum Gasteiger partial charge on any atom is 0.281 e. The van der Waals surface area contributed by atoms with E-state index in [9.17, 15) is 13.2 Å². The molecule has 1 N–H and O–H groups in total. The Kier molecular flexibility index (Phi) is 6.16. The molecule has 1 amide bonds. The van der Waals surface area contributed by atoms with E-state index >= 15 is 0 Å². The summed E-state index contributed by atoms with van der Waals surface area (Å²) in [6.07, 6.45) is 3.01. The molecule has 0 aliphatic carbocycles. The molecule has 0 radical (unpaired) electrons. The zero-order chi connectivity index (χ0) is 18.6. The molecule has 0 bridgehead atoms. The van der Waals surface area contributed by atoms with Crippen LogP contribution in [0.25, 0.3) is 0 Å². The molecule has 2 saturated heterocycles. The van der Waals surface area contributed by atoms with Gasteiger partial charge in [-0.3, -0.25) is 4.79 Å². The number of nitrogens with one attached hydrogen (secondary N) is 1. The average Bonchev–Trinajstić information content (AvgIpc) is 3.22. The summed E-state index contributed by atoms with van der Waals surface area (Å²) in [5.41, 5.74) is 1.01. The van der Waals surface area contributed by atoms with Crippen LogP contribution in [0.5, 0.6) is 5.75 Å². The van der Waals surface area contributed by atoms with Gasteiger partial charge in [-0.05, 0) is 43.4 Å². The molecular formula is C18H27N3O4S. The van der Waals surface area contributed by atoms with Crippen molar-refractivity contribution < 1.29 is 17.9 Å². The number of piperidine rings is 1. The second-order valence-corrected chi connectivity index (χ2v) is 8.78. The summed E-state index contributed by atoms with van der Waals surface area (Å²) in [7, 11) is -1.73. The molecule has 3 rings (SSSR count). The Morgan fingerprint density at radius 3 is 2.23 bits per heavy atom. The summed E-state index contributed by atoms with van der Waals surface area (Å²) < 4.78 is 33.4. The second-order valence-electron chi connectivity index (χ2n) is 6.85. The summed E-state index contributed by atoms with van der Waals surface area (Å²) in [5.74, 6) is 0.656. The Labute approximate surface area is 155 Å². The molecule has 0 aromatic heterocycles. The van der Waals surface area contributed by atoms with Gasteiger partial charge in [0.15, 0.2) is 0 Å². The van der Waals surface area contributed by atoms with Gasteiger partial charge in [0.25, 0.3) is 10.2 Å². The predicted molar refractivity (Wildman–Crippen MR) is 98.9 cm³/mol. The monoisotopic (exact) mass is 381 g/mol. The molecule has 0 saturated carbocycles. The van der Waals surface area contributed by atoms with Crippen molar-refractivity contribution in [2.45, 2.75) is 32.2 Å². The zero-order valence-electron chi connectivity index (χ0n) is 15.2.